The van der Waals surface area contributed by atoms with Gasteiger partial charge >= 0.3 is 11.9 Å². The average Bonchev–Trinajstić information content (AvgIpc) is 2.95. The van der Waals surface area contributed by atoms with Crippen LogP contribution < -0.4 is 0 Å². The van der Waals surface area contributed by atoms with Gasteiger partial charge in [0.1, 0.15) is 5.60 Å². The highest BCUT2D eigenvalue weighted by Crippen LogP contribution is 2.78. The lowest BCUT2D eigenvalue weighted by molar-refractivity contribution is -0.164. The van der Waals surface area contributed by atoms with Gasteiger partial charge in [-0.2, -0.15) is 0 Å². The van der Waals surface area contributed by atoms with Crippen molar-refractivity contribution in [3.8, 4) is 0 Å². The summed E-state index contributed by atoms with van der Waals surface area (Å²) < 4.78 is 5.96. The molecular formula is C19H24O6. The Morgan fingerprint density at radius 2 is 2.04 bits per heavy atom. The number of carbonyl (C=O) groups is 2. The molecule has 1 spiro atoms. The number of aliphatic hydroxyl groups is 2. The number of rotatable bonds is 1. The Hall–Kier alpha value is -1.40. The third-order valence-electron chi connectivity index (χ3n) is 8.57. The summed E-state index contributed by atoms with van der Waals surface area (Å²) in [5, 5.41) is 31.7. The predicted octanol–water partition coefficient (Wildman–Crippen LogP) is 1.25. The van der Waals surface area contributed by atoms with Gasteiger partial charge in [-0.05, 0) is 56.4 Å². The normalized spacial score (nSPS) is 58.7. The number of carbonyl (C=O) groups excluding carboxylic acids is 1. The largest absolute Gasteiger partial charge is 0.481 e. The molecule has 1 heterocycles. The van der Waals surface area contributed by atoms with Crippen LogP contribution >= 0.6 is 0 Å². The molecular weight excluding hydrogens is 324 g/mol. The second-order valence-electron chi connectivity index (χ2n) is 9.29. The van der Waals surface area contributed by atoms with Crippen LogP contribution in [-0.4, -0.2) is 44.6 Å². The molecule has 6 nitrogen and oxygen atoms in total. The van der Waals surface area contributed by atoms with Crippen molar-refractivity contribution in [3.63, 3.8) is 0 Å². The van der Waals surface area contributed by atoms with Crippen molar-refractivity contribution in [1.29, 1.82) is 0 Å². The molecule has 0 aromatic heterocycles. The first kappa shape index (κ1) is 15.8. The van der Waals surface area contributed by atoms with Gasteiger partial charge in [-0.15, -0.1) is 0 Å². The smallest absolute Gasteiger partial charge is 0.315 e. The second-order valence-corrected chi connectivity index (χ2v) is 9.29. The maximum absolute atomic E-state index is 12.7. The van der Waals surface area contributed by atoms with E-state index in [1.54, 1.807) is 6.92 Å². The standard InChI is InChI=1S/C19H24O6/c1-9-7-17-8-18(9,24)5-3-10(17)19-6-4-11(20)16(2,15(23)25-19)13(19)12(17)14(21)22/h10-13,20,24H,1,3-8H2,2H3,(H,21,22)/t10-,11+,12-,13-,16-,17+,18+,19-/m1/s1. The fourth-order valence-corrected chi connectivity index (χ4v) is 7.65. The Kier molecular flexibility index (Phi) is 2.61. The van der Waals surface area contributed by atoms with E-state index in [4.69, 9.17) is 4.74 Å². The Morgan fingerprint density at radius 3 is 2.72 bits per heavy atom. The highest BCUT2D eigenvalue weighted by Gasteiger charge is 2.84. The van der Waals surface area contributed by atoms with Crippen molar-refractivity contribution in [2.45, 2.75) is 62.8 Å². The molecule has 0 aromatic rings. The van der Waals surface area contributed by atoms with Gasteiger partial charge in [0.25, 0.3) is 0 Å². The van der Waals surface area contributed by atoms with Crippen LogP contribution in [0, 0.1) is 28.6 Å². The molecule has 0 unspecified atom stereocenters. The van der Waals surface area contributed by atoms with Crippen LogP contribution in [0.15, 0.2) is 12.2 Å². The topological polar surface area (TPSA) is 104 Å². The van der Waals surface area contributed by atoms with Crippen LogP contribution in [-0.2, 0) is 14.3 Å². The summed E-state index contributed by atoms with van der Waals surface area (Å²) in [6.45, 7) is 5.71. The molecule has 5 aliphatic rings. The van der Waals surface area contributed by atoms with E-state index in [9.17, 15) is 24.9 Å². The molecule has 136 valence electrons. The molecule has 4 aliphatic carbocycles. The average molecular weight is 348 g/mol. The Balaban J connectivity index is 1.76. The second kappa shape index (κ2) is 4.12. The lowest BCUT2D eigenvalue weighted by atomic mass is 9.59. The van der Waals surface area contributed by atoms with E-state index in [-0.39, 0.29) is 5.92 Å². The van der Waals surface area contributed by atoms with Gasteiger partial charge in [0.05, 0.1) is 23.0 Å². The molecule has 0 amide bonds. The van der Waals surface area contributed by atoms with Crippen LogP contribution in [0.2, 0.25) is 0 Å². The van der Waals surface area contributed by atoms with Crippen molar-refractivity contribution >= 4 is 11.9 Å². The number of hydrogen-bond donors (Lipinski definition) is 3. The number of aliphatic hydroxyl groups excluding tert-OH is 1. The molecule has 5 rings (SSSR count). The van der Waals surface area contributed by atoms with E-state index in [1.807, 2.05) is 0 Å². The third-order valence-corrected chi connectivity index (χ3v) is 8.57. The molecule has 0 aromatic carbocycles. The number of hydrogen-bond acceptors (Lipinski definition) is 5. The third kappa shape index (κ3) is 1.41. The van der Waals surface area contributed by atoms with Crippen molar-refractivity contribution in [2.75, 3.05) is 0 Å². The monoisotopic (exact) mass is 348 g/mol. The van der Waals surface area contributed by atoms with Gasteiger partial charge in [0.15, 0.2) is 0 Å². The van der Waals surface area contributed by atoms with Crippen LogP contribution in [0.25, 0.3) is 0 Å². The first-order valence-electron chi connectivity index (χ1n) is 9.17. The van der Waals surface area contributed by atoms with Gasteiger partial charge in [-0.1, -0.05) is 6.58 Å². The molecule has 4 saturated carbocycles. The fraction of sp³-hybridized carbons (Fsp3) is 0.789. The highest BCUT2D eigenvalue weighted by atomic mass is 16.6. The zero-order valence-corrected chi connectivity index (χ0v) is 14.3. The fourth-order valence-electron chi connectivity index (χ4n) is 7.65. The summed E-state index contributed by atoms with van der Waals surface area (Å²) in [7, 11) is 0. The van der Waals surface area contributed by atoms with Crippen LogP contribution in [0.3, 0.4) is 0 Å². The van der Waals surface area contributed by atoms with E-state index in [0.29, 0.717) is 44.1 Å². The van der Waals surface area contributed by atoms with E-state index in [2.05, 4.69) is 6.58 Å². The van der Waals surface area contributed by atoms with Crippen LogP contribution in [0.1, 0.15) is 45.4 Å². The van der Waals surface area contributed by atoms with E-state index in [1.165, 1.54) is 0 Å². The van der Waals surface area contributed by atoms with Gasteiger partial charge in [-0.25, -0.2) is 0 Å². The SMILES string of the molecule is C=C1C[C@]23C[C@@]1(O)CC[C@H]2[C@@]12CC[C@H](O)[C@@](C)(C(=O)O1)[C@H]2[C@@H]3C(=O)O. The van der Waals surface area contributed by atoms with Gasteiger partial charge in [-0.3, -0.25) is 9.59 Å². The van der Waals surface area contributed by atoms with Crippen molar-refractivity contribution in [1.82, 2.24) is 0 Å². The van der Waals surface area contributed by atoms with Gasteiger partial charge in [0, 0.05) is 11.8 Å². The summed E-state index contributed by atoms with van der Waals surface area (Å²) in [4.78, 5) is 25.1. The summed E-state index contributed by atoms with van der Waals surface area (Å²) in [5.41, 5.74) is -2.93. The minimum absolute atomic E-state index is 0.0936. The van der Waals surface area contributed by atoms with E-state index in [0.717, 1.165) is 0 Å². The molecule has 0 radical (unpaired) electrons. The number of fused-ring (bicyclic) bond motifs is 1. The quantitative estimate of drug-likeness (QED) is 0.487. The molecule has 1 saturated heterocycles. The molecule has 25 heavy (non-hydrogen) atoms. The number of aliphatic carboxylic acids is 1. The predicted molar refractivity (Wildman–Crippen MR) is 85.3 cm³/mol. The summed E-state index contributed by atoms with van der Waals surface area (Å²) >= 11 is 0. The summed E-state index contributed by atoms with van der Waals surface area (Å²) in [5.74, 6) is -2.86. The van der Waals surface area contributed by atoms with Crippen molar-refractivity contribution < 1.29 is 29.6 Å². The number of carboxylic acid groups (broad SMARTS) is 1. The van der Waals surface area contributed by atoms with E-state index < -0.39 is 51.9 Å². The minimum atomic E-state index is -1.19. The summed E-state index contributed by atoms with van der Waals surface area (Å²) in [6.07, 6.45) is 2.08. The van der Waals surface area contributed by atoms with Gasteiger partial charge in [0.2, 0.25) is 0 Å². The van der Waals surface area contributed by atoms with Crippen LogP contribution in [0.5, 0.6) is 0 Å². The molecule has 3 N–H and O–H groups in total. The lowest BCUT2D eigenvalue weighted by Crippen LogP contribution is -2.53. The zero-order valence-electron chi connectivity index (χ0n) is 14.3. The Morgan fingerprint density at radius 1 is 1.32 bits per heavy atom. The van der Waals surface area contributed by atoms with Crippen molar-refractivity contribution in [3.05, 3.63) is 12.2 Å². The number of carboxylic acids is 1. The summed E-state index contributed by atoms with van der Waals surface area (Å²) in [6, 6.07) is 0. The molecule has 5 fully saturated rings. The minimum Gasteiger partial charge on any atom is -0.481 e. The van der Waals surface area contributed by atoms with Gasteiger partial charge < -0.3 is 20.1 Å². The first-order chi connectivity index (χ1) is 11.6. The first-order valence-corrected chi connectivity index (χ1v) is 9.17. The Bertz CT molecular complexity index is 731. The maximum atomic E-state index is 12.7. The molecule has 6 heteroatoms. The molecule has 1 aliphatic heterocycles. The highest BCUT2D eigenvalue weighted by molar-refractivity contribution is 5.85. The number of esters is 1. The number of ether oxygens (including phenoxy) is 1. The van der Waals surface area contributed by atoms with Crippen LogP contribution in [0.4, 0.5) is 0 Å². The molecule has 8 atom stereocenters. The maximum Gasteiger partial charge on any atom is 0.315 e. The zero-order chi connectivity index (χ0) is 18.0. The lowest BCUT2D eigenvalue weighted by Gasteiger charge is -2.45. The Labute approximate surface area is 145 Å². The van der Waals surface area contributed by atoms with E-state index >= 15 is 0 Å². The molecule has 4 bridgehead atoms. The van der Waals surface area contributed by atoms with Crippen molar-refractivity contribution in [2.24, 2.45) is 28.6 Å².